The third-order valence-corrected chi connectivity index (χ3v) is 3.01. The molecule has 1 N–H and O–H groups in total. The number of anilines is 1. The Bertz CT molecular complexity index is 546. The van der Waals surface area contributed by atoms with Crippen molar-refractivity contribution in [3.05, 3.63) is 28.2 Å². The lowest BCUT2D eigenvalue weighted by atomic mass is 10.4. The van der Waals surface area contributed by atoms with Crippen LogP contribution in [-0.4, -0.2) is 20.8 Å². The number of hydrogen-bond donors (Lipinski definition) is 1. The lowest BCUT2D eigenvalue weighted by molar-refractivity contribution is -0.117. The number of aryl methyl sites for hydroxylation is 1. The molecule has 0 aliphatic carbocycles. The number of amides is 1. The molecule has 0 aliphatic heterocycles. The Morgan fingerprint density at radius 1 is 1.59 bits per heavy atom. The Hall–Kier alpha value is -1.63. The van der Waals surface area contributed by atoms with Crippen molar-refractivity contribution in [2.45, 2.75) is 20.4 Å². The first kappa shape index (κ1) is 11.8. The highest BCUT2D eigenvalue weighted by atomic mass is 79.9. The fourth-order valence-corrected chi connectivity index (χ4v) is 1.62. The van der Waals surface area contributed by atoms with Gasteiger partial charge in [0.2, 0.25) is 5.91 Å². The average molecular weight is 299 g/mol. The van der Waals surface area contributed by atoms with E-state index in [1.165, 1.54) is 0 Å². The van der Waals surface area contributed by atoms with E-state index in [0.717, 1.165) is 10.2 Å². The fraction of sp³-hybridized carbons (Fsp3) is 0.300. The molecule has 0 saturated heterocycles. The molecule has 2 rings (SSSR count). The third kappa shape index (κ3) is 2.73. The molecule has 1 amide bonds. The number of carbonyl (C=O) groups excluding carboxylic acids is 1. The van der Waals surface area contributed by atoms with E-state index in [9.17, 15) is 4.79 Å². The normalized spacial score (nSPS) is 10.5. The van der Waals surface area contributed by atoms with Crippen molar-refractivity contribution in [2.75, 3.05) is 5.32 Å². The molecule has 0 radical (unpaired) electrons. The van der Waals surface area contributed by atoms with Crippen molar-refractivity contribution in [3.8, 4) is 0 Å². The molecule has 0 unspecified atom stereocenters. The number of nitrogens with zero attached hydrogens (tertiary/aromatic N) is 3. The van der Waals surface area contributed by atoms with E-state index in [-0.39, 0.29) is 12.5 Å². The van der Waals surface area contributed by atoms with Gasteiger partial charge in [0, 0.05) is 6.07 Å². The Labute approximate surface area is 106 Å². The van der Waals surface area contributed by atoms with Gasteiger partial charge in [0.25, 0.3) is 0 Å². The molecular weight excluding hydrogens is 288 g/mol. The van der Waals surface area contributed by atoms with Crippen LogP contribution in [0.5, 0.6) is 0 Å². The summed E-state index contributed by atoms with van der Waals surface area (Å²) in [6.07, 6.45) is 1.66. The Morgan fingerprint density at radius 3 is 2.88 bits per heavy atom. The standard InChI is InChI=1S/C10H11BrN4O2/c1-6-3-9(14-17-6)13-10(16)5-15-7(2)8(11)4-12-15/h3-4H,5H2,1-2H3,(H,13,14,16). The van der Waals surface area contributed by atoms with Crippen molar-refractivity contribution in [1.29, 1.82) is 0 Å². The van der Waals surface area contributed by atoms with E-state index < -0.39 is 0 Å². The summed E-state index contributed by atoms with van der Waals surface area (Å²) in [4.78, 5) is 11.7. The van der Waals surface area contributed by atoms with Crippen LogP contribution in [0, 0.1) is 13.8 Å². The molecule has 6 nitrogen and oxygen atoms in total. The predicted molar refractivity (Wildman–Crippen MR) is 64.5 cm³/mol. The maximum atomic E-state index is 11.7. The summed E-state index contributed by atoms with van der Waals surface area (Å²) in [7, 11) is 0. The zero-order valence-electron chi connectivity index (χ0n) is 9.40. The van der Waals surface area contributed by atoms with Gasteiger partial charge in [-0.15, -0.1) is 0 Å². The quantitative estimate of drug-likeness (QED) is 0.939. The summed E-state index contributed by atoms with van der Waals surface area (Å²) in [5, 5.41) is 10.4. The second kappa shape index (κ2) is 4.70. The van der Waals surface area contributed by atoms with Crippen LogP contribution in [0.2, 0.25) is 0 Å². The number of nitrogens with one attached hydrogen (secondary N) is 1. The van der Waals surface area contributed by atoms with Crippen LogP contribution in [0.4, 0.5) is 5.82 Å². The Kier molecular flexibility index (Phi) is 3.28. The predicted octanol–water partition coefficient (Wildman–Crippen LogP) is 1.89. The minimum absolute atomic E-state index is 0.142. The van der Waals surface area contributed by atoms with Gasteiger partial charge in [-0.2, -0.15) is 5.10 Å². The largest absolute Gasteiger partial charge is 0.360 e. The lowest BCUT2D eigenvalue weighted by Crippen LogP contribution is -2.20. The van der Waals surface area contributed by atoms with Gasteiger partial charge in [-0.25, -0.2) is 0 Å². The van der Waals surface area contributed by atoms with Crippen LogP contribution in [0.25, 0.3) is 0 Å². The van der Waals surface area contributed by atoms with E-state index in [4.69, 9.17) is 4.52 Å². The van der Waals surface area contributed by atoms with Gasteiger partial charge in [-0.3, -0.25) is 9.48 Å². The molecule has 17 heavy (non-hydrogen) atoms. The summed E-state index contributed by atoms with van der Waals surface area (Å²) < 4.78 is 7.33. The molecule has 90 valence electrons. The summed E-state index contributed by atoms with van der Waals surface area (Å²) in [6, 6.07) is 1.66. The van der Waals surface area contributed by atoms with Crippen molar-refractivity contribution in [1.82, 2.24) is 14.9 Å². The third-order valence-electron chi connectivity index (χ3n) is 2.23. The van der Waals surface area contributed by atoms with Gasteiger partial charge in [0.15, 0.2) is 5.82 Å². The number of hydrogen-bond acceptors (Lipinski definition) is 4. The average Bonchev–Trinajstić information content (AvgIpc) is 2.79. The van der Waals surface area contributed by atoms with Gasteiger partial charge in [0.05, 0.1) is 16.4 Å². The van der Waals surface area contributed by atoms with Crippen molar-refractivity contribution >= 4 is 27.7 Å². The van der Waals surface area contributed by atoms with Gasteiger partial charge in [-0.05, 0) is 29.8 Å². The van der Waals surface area contributed by atoms with Crippen LogP contribution in [0.3, 0.4) is 0 Å². The molecular formula is C10H11BrN4O2. The van der Waals surface area contributed by atoms with Gasteiger partial charge >= 0.3 is 0 Å². The highest BCUT2D eigenvalue weighted by Crippen LogP contribution is 2.14. The van der Waals surface area contributed by atoms with Crippen molar-refractivity contribution in [3.63, 3.8) is 0 Å². The smallest absolute Gasteiger partial charge is 0.247 e. The van der Waals surface area contributed by atoms with Crippen LogP contribution in [0.1, 0.15) is 11.5 Å². The highest BCUT2D eigenvalue weighted by Gasteiger charge is 2.10. The van der Waals surface area contributed by atoms with E-state index in [1.54, 1.807) is 23.9 Å². The summed E-state index contributed by atoms with van der Waals surface area (Å²) in [6.45, 7) is 3.78. The van der Waals surface area contributed by atoms with Crippen molar-refractivity contribution < 1.29 is 9.32 Å². The molecule has 0 saturated carbocycles. The lowest BCUT2D eigenvalue weighted by Gasteiger charge is -2.03. The maximum Gasteiger partial charge on any atom is 0.247 e. The Balaban J connectivity index is 2.00. The van der Waals surface area contributed by atoms with Crippen molar-refractivity contribution in [2.24, 2.45) is 0 Å². The topological polar surface area (TPSA) is 73.0 Å². The Morgan fingerprint density at radius 2 is 2.35 bits per heavy atom. The molecule has 0 atom stereocenters. The van der Waals surface area contributed by atoms with E-state index in [2.05, 4.69) is 31.5 Å². The van der Waals surface area contributed by atoms with Crippen LogP contribution >= 0.6 is 15.9 Å². The second-order valence-electron chi connectivity index (χ2n) is 3.61. The summed E-state index contributed by atoms with van der Waals surface area (Å²) >= 11 is 3.33. The molecule has 2 aromatic rings. The molecule has 0 bridgehead atoms. The molecule has 0 spiro atoms. The first-order chi connectivity index (χ1) is 8.06. The van der Waals surface area contributed by atoms with E-state index in [0.29, 0.717) is 11.6 Å². The maximum absolute atomic E-state index is 11.7. The summed E-state index contributed by atoms with van der Waals surface area (Å²) in [5.41, 5.74) is 0.900. The van der Waals surface area contributed by atoms with Crippen LogP contribution in [0.15, 0.2) is 21.3 Å². The molecule has 0 aliphatic rings. The van der Waals surface area contributed by atoms with Gasteiger partial charge in [-0.1, -0.05) is 5.16 Å². The zero-order valence-corrected chi connectivity index (χ0v) is 11.0. The highest BCUT2D eigenvalue weighted by molar-refractivity contribution is 9.10. The molecule has 2 aromatic heterocycles. The SMILES string of the molecule is Cc1cc(NC(=O)Cn2ncc(Br)c2C)no1. The molecule has 0 fully saturated rings. The molecule has 0 aromatic carbocycles. The minimum Gasteiger partial charge on any atom is -0.360 e. The number of rotatable bonds is 3. The second-order valence-corrected chi connectivity index (χ2v) is 4.46. The van der Waals surface area contributed by atoms with Gasteiger partial charge < -0.3 is 9.84 Å². The number of halogens is 1. The molecule has 7 heteroatoms. The first-order valence-electron chi connectivity index (χ1n) is 4.97. The summed E-state index contributed by atoms with van der Waals surface area (Å²) in [5.74, 6) is 0.867. The molecule has 2 heterocycles. The van der Waals surface area contributed by atoms with Crippen LogP contribution < -0.4 is 5.32 Å². The zero-order chi connectivity index (χ0) is 12.4. The first-order valence-corrected chi connectivity index (χ1v) is 5.76. The van der Waals surface area contributed by atoms with Gasteiger partial charge in [0.1, 0.15) is 12.3 Å². The minimum atomic E-state index is -0.197. The number of aromatic nitrogens is 3. The van der Waals surface area contributed by atoms with E-state index >= 15 is 0 Å². The fourth-order valence-electron chi connectivity index (χ4n) is 1.33. The van der Waals surface area contributed by atoms with E-state index in [1.807, 2.05) is 6.92 Å². The monoisotopic (exact) mass is 298 g/mol. The van der Waals surface area contributed by atoms with Crippen LogP contribution in [-0.2, 0) is 11.3 Å². The number of carbonyl (C=O) groups is 1.